The van der Waals surface area contributed by atoms with Crippen LogP contribution in [0.1, 0.15) is 33.6 Å². The summed E-state index contributed by atoms with van der Waals surface area (Å²) in [6.07, 6.45) is 1.56. The minimum atomic E-state index is -0.238. The summed E-state index contributed by atoms with van der Waals surface area (Å²) < 4.78 is 10.3. The van der Waals surface area contributed by atoms with Gasteiger partial charge >= 0.3 is 6.09 Å². The van der Waals surface area contributed by atoms with Crippen LogP contribution in [-0.4, -0.2) is 93.0 Å². The highest BCUT2D eigenvalue weighted by Crippen LogP contribution is 2.12. The lowest BCUT2D eigenvalue weighted by molar-refractivity contribution is -0.0165. The van der Waals surface area contributed by atoms with Gasteiger partial charge in [-0.05, 0) is 33.6 Å². The van der Waals surface area contributed by atoms with Crippen LogP contribution in [0.2, 0.25) is 0 Å². The Kier molecular flexibility index (Phi) is 8.44. The highest BCUT2D eigenvalue weighted by molar-refractivity contribution is 5.80. The monoisotopic (exact) mass is 369 g/mol. The normalized spacial score (nSPS) is 24.2. The summed E-state index contributed by atoms with van der Waals surface area (Å²) in [6, 6.07) is 1.14. The first-order valence-electron chi connectivity index (χ1n) is 9.76. The highest BCUT2D eigenvalue weighted by Gasteiger charge is 2.25. The van der Waals surface area contributed by atoms with Crippen LogP contribution in [-0.2, 0) is 9.47 Å². The Morgan fingerprint density at radius 2 is 2.08 bits per heavy atom. The number of ether oxygens (including phenoxy) is 2. The Morgan fingerprint density at radius 1 is 1.35 bits per heavy atom. The number of morpholine rings is 1. The van der Waals surface area contributed by atoms with E-state index in [1.807, 2.05) is 0 Å². The maximum Gasteiger partial charge on any atom is 0.409 e. The van der Waals surface area contributed by atoms with Crippen molar-refractivity contribution in [3.63, 3.8) is 0 Å². The zero-order valence-corrected chi connectivity index (χ0v) is 16.7. The Hall–Kier alpha value is -1.54. The van der Waals surface area contributed by atoms with E-state index < -0.39 is 0 Å². The zero-order chi connectivity index (χ0) is 18.9. The predicted octanol–water partition coefficient (Wildman–Crippen LogP) is 0.882. The van der Waals surface area contributed by atoms with E-state index in [0.29, 0.717) is 31.2 Å². The van der Waals surface area contributed by atoms with Crippen LogP contribution in [0.25, 0.3) is 0 Å². The molecule has 0 saturated carbocycles. The lowest BCUT2D eigenvalue weighted by atomic mass is 10.1. The fraction of sp³-hybridized carbons (Fsp3) is 0.889. The number of hydrogen-bond donors (Lipinski definition) is 2. The third kappa shape index (κ3) is 6.02. The molecule has 2 heterocycles. The molecule has 0 radical (unpaired) electrons. The van der Waals surface area contributed by atoms with Crippen molar-refractivity contribution in [3.8, 4) is 0 Å². The number of piperidine rings is 1. The molecule has 8 nitrogen and oxygen atoms in total. The number of amides is 1. The van der Waals surface area contributed by atoms with E-state index in [4.69, 9.17) is 14.5 Å². The molecule has 0 aromatic rings. The number of carbonyl (C=O) groups excluding carboxylic acids is 1. The Morgan fingerprint density at radius 3 is 2.69 bits per heavy atom. The maximum absolute atomic E-state index is 11.6. The van der Waals surface area contributed by atoms with Crippen molar-refractivity contribution < 1.29 is 14.3 Å². The number of aliphatic imine (C=N–C) groups is 1. The standard InChI is InChI=1S/C18H35N5O3/c1-5-19-17(20-12-14(2)23-10-11-26-13-15(23)3)21-16-6-8-22(9-7-16)18(24)25-4/h14-16H,5-13H2,1-4H3,(H2,19,20,21). The molecule has 8 heteroatoms. The van der Waals surface area contributed by atoms with E-state index in [1.54, 1.807) is 4.90 Å². The van der Waals surface area contributed by atoms with Crippen molar-refractivity contribution in [3.05, 3.63) is 0 Å². The molecule has 2 aliphatic rings. The summed E-state index contributed by atoms with van der Waals surface area (Å²) in [6.45, 7) is 12.1. The zero-order valence-electron chi connectivity index (χ0n) is 16.7. The van der Waals surface area contributed by atoms with Crippen molar-refractivity contribution in [1.29, 1.82) is 0 Å². The van der Waals surface area contributed by atoms with Crippen LogP contribution in [0.3, 0.4) is 0 Å². The second-order valence-corrected chi connectivity index (χ2v) is 7.11. The van der Waals surface area contributed by atoms with Crippen molar-refractivity contribution in [2.75, 3.05) is 53.0 Å². The lowest BCUT2D eigenvalue weighted by Gasteiger charge is -2.37. The average Bonchev–Trinajstić information content (AvgIpc) is 2.66. The van der Waals surface area contributed by atoms with Gasteiger partial charge in [0.15, 0.2) is 5.96 Å². The predicted molar refractivity (Wildman–Crippen MR) is 103 cm³/mol. The van der Waals surface area contributed by atoms with Gasteiger partial charge in [0.05, 0.1) is 26.9 Å². The molecule has 2 saturated heterocycles. The fourth-order valence-corrected chi connectivity index (χ4v) is 3.57. The van der Waals surface area contributed by atoms with E-state index in [9.17, 15) is 4.79 Å². The van der Waals surface area contributed by atoms with E-state index in [2.05, 4.69) is 36.3 Å². The molecule has 2 rings (SSSR count). The summed E-state index contributed by atoms with van der Waals surface area (Å²) in [5, 5.41) is 6.86. The van der Waals surface area contributed by atoms with Crippen molar-refractivity contribution in [1.82, 2.24) is 20.4 Å². The van der Waals surface area contributed by atoms with Crippen LogP contribution < -0.4 is 10.6 Å². The topological polar surface area (TPSA) is 78.4 Å². The van der Waals surface area contributed by atoms with Gasteiger partial charge in [-0.15, -0.1) is 0 Å². The van der Waals surface area contributed by atoms with Gasteiger partial charge in [0.1, 0.15) is 0 Å². The molecule has 0 aliphatic carbocycles. The van der Waals surface area contributed by atoms with Crippen molar-refractivity contribution in [2.24, 2.45) is 4.99 Å². The summed E-state index contributed by atoms with van der Waals surface area (Å²) in [4.78, 5) is 20.6. The SMILES string of the molecule is CCNC(=NCC(C)N1CCOCC1C)NC1CCN(C(=O)OC)CC1. The van der Waals surface area contributed by atoms with Crippen LogP contribution >= 0.6 is 0 Å². The van der Waals surface area contributed by atoms with Gasteiger partial charge in [-0.3, -0.25) is 9.89 Å². The molecule has 2 atom stereocenters. The summed E-state index contributed by atoms with van der Waals surface area (Å²) in [7, 11) is 1.43. The van der Waals surface area contributed by atoms with Gasteiger partial charge in [0.25, 0.3) is 0 Å². The largest absolute Gasteiger partial charge is 0.453 e. The number of hydrogen-bond acceptors (Lipinski definition) is 5. The van der Waals surface area contributed by atoms with E-state index >= 15 is 0 Å². The molecule has 150 valence electrons. The first kappa shape index (κ1) is 20.8. The van der Waals surface area contributed by atoms with Crippen molar-refractivity contribution >= 4 is 12.1 Å². The summed E-state index contributed by atoms with van der Waals surface area (Å²) in [5.74, 6) is 0.858. The number of likely N-dealkylation sites (tertiary alicyclic amines) is 1. The van der Waals surface area contributed by atoms with Crippen LogP contribution in [0.5, 0.6) is 0 Å². The average molecular weight is 370 g/mol. The smallest absolute Gasteiger partial charge is 0.409 e. The van der Waals surface area contributed by atoms with Gasteiger partial charge in [-0.1, -0.05) is 0 Å². The third-order valence-electron chi connectivity index (χ3n) is 5.11. The number of methoxy groups -OCH3 is 1. The Bertz CT molecular complexity index is 466. The van der Waals surface area contributed by atoms with Gasteiger partial charge in [-0.2, -0.15) is 0 Å². The van der Waals surface area contributed by atoms with Gasteiger partial charge in [0.2, 0.25) is 0 Å². The molecule has 0 bridgehead atoms. The van der Waals surface area contributed by atoms with Gasteiger partial charge < -0.3 is 25.0 Å². The highest BCUT2D eigenvalue weighted by atomic mass is 16.5. The van der Waals surface area contributed by atoms with Crippen LogP contribution in [0.15, 0.2) is 4.99 Å². The molecule has 2 unspecified atom stereocenters. The number of nitrogens with zero attached hydrogens (tertiary/aromatic N) is 3. The molecule has 2 aliphatic heterocycles. The molecule has 1 amide bonds. The van der Waals surface area contributed by atoms with E-state index in [1.165, 1.54) is 7.11 Å². The van der Waals surface area contributed by atoms with Gasteiger partial charge in [-0.25, -0.2) is 4.79 Å². The molecule has 0 aromatic carbocycles. The minimum Gasteiger partial charge on any atom is -0.453 e. The molecular weight excluding hydrogens is 334 g/mol. The summed E-state index contributed by atoms with van der Waals surface area (Å²) >= 11 is 0. The summed E-state index contributed by atoms with van der Waals surface area (Å²) in [5.41, 5.74) is 0. The molecule has 2 fully saturated rings. The quantitative estimate of drug-likeness (QED) is 0.553. The first-order chi connectivity index (χ1) is 12.5. The maximum atomic E-state index is 11.6. The molecule has 0 spiro atoms. The number of guanidine groups is 1. The number of carbonyl (C=O) groups is 1. The van der Waals surface area contributed by atoms with E-state index in [-0.39, 0.29) is 6.09 Å². The lowest BCUT2D eigenvalue weighted by Crippen LogP contribution is -2.51. The second-order valence-electron chi connectivity index (χ2n) is 7.11. The van der Waals surface area contributed by atoms with Gasteiger partial charge in [0, 0.05) is 44.3 Å². The third-order valence-corrected chi connectivity index (χ3v) is 5.11. The second kappa shape index (κ2) is 10.6. The Labute approximate surface area is 157 Å². The Balaban J connectivity index is 1.83. The molecule has 0 aromatic heterocycles. The first-order valence-corrected chi connectivity index (χ1v) is 9.76. The molecule has 2 N–H and O–H groups in total. The molecular formula is C18H35N5O3. The van der Waals surface area contributed by atoms with Crippen LogP contribution in [0, 0.1) is 0 Å². The van der Waals surface area contributed by atoms with E-state index in [0.717, 1.165) is 51.6 Å². The van der Waals surface area contributed by atoms with Crippen LogP contribution in [0.4, 0.5) is 4.79 Å². The molecule has 26 heavy (non-hydrogen) atoms. The van der Waals surface area contributed by atoms with Crippen molar-refractivity contribution in [2.45, 2.75) is 51.7 Å². The number of nitrogens with one attached hydrogen (secondary N) is 2. The minimum absolute atomic E-state index is 0.238. The number of rotatable bonds is 5. The fourth-order valence-electron chi connectivity index (χ4n) is 3.57.